The minimum Gasteiger partial charge on any atom is -0.375 e. The third kappa shape index (κ3) is 3.93. The molecule has 90 valence electrons. The van der Waals surface area contributed by atoms with Crippen LogP contribution in [0.2, 0.25) is 0 Å². The Morgan fingerprint density at radius 3 is 2.82 bits per heavy atom. The van der Waals surface area contributed by atoms with E-state index >= 15 is 0 Å². The summed E-state index contributed by atoms with van der Waals surface area (Å²) in [6.07, 6.45) is 0.967. The van der Waals surface area contributed by atoms with E-state index in [1.54, 1.807) is 11.3 Å². The number of aromatic nitrogens is 1. The van der Waals surface area contributed by atoms with E-state index in [9.17, 15) is 0 Å². The van der Waals surface area contributed by atoms with Crippen LogP contribution in [0.25, 0.3) is 0 Å². The molecule has 0 spiro atoms. The van der Waals surface area contributed by atoms with E-state index in [1.165, 1.54) is 4.88 Å². The largest absolute Gasteiger partial charge is 0.375 e. The number of hydrogen-bond acceptors (Lipinski definition) is 4. The van der Waals surface area contributed by atoms with Gasteiger partial charge in [0, 0.05) is 17.8 Å². The van der Waals surface area contributed by atoms with Crippen molar-refractivity contribution in [2.75, 3.05) is 6.61 Å². The molecule has 3 nitrogen and oxygen atoms in total. The first-order valence-corrected chi connectivity index (χ1v) is 6.51. The number of hydrogen-bond donors (Lipinski definition) is 1. The fraction of sp³-hybridized carbons (Fsp3) is 0.308. The standard InChI is InChI=1S/C13H16N2OS/c14-9-11-3-1-4-12(15-11)10-16-7-6-13-5-2-8-17-13/h1-5,8H,6-7,9-10,14H2. The van der Waals surface area contributed by atoms with Gasteiger partial charge in [-0.1, -0.05) is 12.1 Å². The van der Waals surface area contributed by atoms with Gasteiger partial charge in [-0.25, -0.2) is 0 Å². The monoisotopic (exact) mass is 248 g/mol. The van der Waals surface area contributed by atoms with Crippen LogP contribution in [0.3, 0.4) is 0 Å². The Labute approximate surface area is 105 Å². The molecule has 0 aliphatic carbocycles. The van der Waals surface area contributed by atoms with E-state index in [1.807, 2.05) is 18.2 Å². The van der Waals surface area contributed by atoms with Crippen LogP contribution in [0.15, 0.2) is 35.7 Å². The molecular formula is C13H16N2OS. The summed E-state index contributed by atoms with van der Waals surface area (Å²) in [7, 11) is 0. The first-order chi connectivity index (χ1) is 8.38. The van der Waals surface area contributed by atoms with Crippen LogP contribution in [0.4, 0.5) is 0 Å². The highest BCUT2D eigenvalue weighted by Crippen LogP contribution is 2.09. The second kappa shape index (κ2) is 6.49. The molecule has 2 aromatic rings. The molecule has 0 saturated carbocycles. The molecule has 0 amide bonds. The van der Waals surface area contributed by atoms with Crippen molar-refractivity contribution in [3.63, 3.8) is 0 Å². The van der Waals surface area contributed by atoms with Gasteiger partial charge in [0.2, 0.25) is 0 Å². The average Bonchev–Trinajstić information content (AvgIpc) is 2.88. The minimum atomic E-state index is 0.475. The van der Waals surface area contributed by atoms with Gasteiger partial charge >= 0.3 is 0 Å². The lowest BCUT2D eigenvalue weighted by molar-refractivity contribution is 0.121. The maximum atomic E-state index is 5.60. The summed E-state index contributed by atoms with van der Waals surface area (Å²) in [5.41, 5.74) is 7.39. The van der Waals surface area contributed by atoms with Crippen LogP contribution in [0.1, 0.15) is 16.3 Å². The molecular weight excluding hydrogens is 232 g/mol. The van der Waals surface area contributed by atoms with E-state index in [0.29, 0.717) is 13.2 Å². The molecule has 17 heavy (non-hydrogen) atoms. The fourth-order valence-electron chi connectivity index (χ4n) is 1.53. The zero-order valence-corrected chi connectivity index (χ0v) is 10.5. The predicted molar refractivity (Wildman–Crippen MR) is 69.8 cm³/mol. The molecule has 0 aliphatic heterocycles. The van der Waals surface area contributed by atoms with Gasteiger partial charge in [0.1, 0.15) is 0 Å². The number of ether oxygens (including phenoxy) is 1. The SMILES string of the molecule is NCc1cccc(COCCc2cccs2)n1. The molecule has 0 fully saturated rings. The Balaban J connectivity index is 1.74. The third-order valence-electron chi connectivity index (χ3n) is 2.40. The Kier molecular flexibility index (Phi) is 4.67. The molecule has 2 N–H and O–H groups in total. The number of thiophene rings is 1. The van der Waals surface area contributed by atoms with E-state index < -0.39 is 0 Å². The normalized spacial score (nSPS) is 10.6. The van der Waals surface area contributed by atoms with Crippen molar-refractivity contribution in [3.05, 3.63) is 52.0 Å². The van der Waals surface area contributed by atoms with Gasteiger partial charge in [-0.3, -0.25) is 4.98 Å². The number of rotatable bonds is 6. The first-order valence-electron chi connectivity index (χ1n) is 5.63. The summed E-state index contributed by atoms with van der Waals surface area (Å²) in [6.45, 7) is 1.76. The van der Waals surface area contributed by atoms with Gasteiger partial charge in [-0.05, 0) is 23.6 Å². The average molecular weight is 248 g/mol. The summed E-state index contributed by atoms with van der Waals surface area (Å²) in [4.78, 5) is 5.73. The van der Waals surface area contributed by atoms with E-state index in [2.05, 4.69) is 22.5 Å². The van der Waals surface area contributed by atoms with Crippen LogP contribution in [-0.4, -0.2) is 11.6 Å². The van der Waals surface area contributed by atoms with Crippen molar-refractivity contribution < 1.29 is 4.74 Å². The molecule has 0 bridgehead atoms. The summed E-state index contributed by atoms with van der Waals surface area (Å²) >= 11 is 1.76. The highest BCUT2D eigenvalue weighted by molar-refractivity contribution is 7.09. The van der Waals surface area contributed by atoms with Crippen molar-refractivity contribution in [1.29, 1.82) is 0 Å². The van der Waals surface area contributed by atoms with Crippen molar-refractivity contribution >= 4 is 11.3 Å². The Morgan fingerprint density at radius 2 is 2.06 bits per heavy atom. The van der Waals surface area contributed by atoms with Crippen LogP contribution >= 0.6 is 11.3 Å². The maximum absolute atomic E-state index is 5.60. The molecule has 2 heterocycles. The highest BCUT2D eigenvalue weighted by atomic mass is 32.1. The molecule has 0 unspecified atom stereocenters. The lowest BCUT2D eigenvalue weighted by atomic mass is 10.3. The Hall–Kier alpha value is -1.23. The third-order valence-corrected chi connectivity index (χ3v) is 3.33. The predicted octanol–water partition coefficient (Wildman–Crippen LogP) is 2.36. The van der Waals surface area contributed by atoms with Crippen molar-refractivity contribution in [3.8, 4) is 0 Å². The van der Waals surface area contributed by atoms with Gasteiger partial charge in [-0.15, -0.1) is 11.3 Å². The first kappa shape index (κ1) is 12.2. The fourth-order valence-corrected chi connectivity index (χ4v) is 2.22. The van der Waals surface area contributed by atoms with Crippen molar-refractivity contribution in [2.45, 2.75) is 19.6 Å². The van der Waals surface area contributed by atoms with Gasteiger partial charge in [0.25, 0.3) is 0 Å². The molecule has 2 aromatic heterocycles. The smallest absolute Gasteiger partial charge is 0.0888 e. The van der Waals surface area contributed by atoms with Crippen LogP contribution in [-0.2, 0) is 24.3 Å². The quantitative estimate of drug-likeness (QED) is 0.798. The van der Waals surface area contributed by atoms with E-state index in [4.69, 9.17) is 10.5 Å². The van der Waals surface area contributed by atoms with Gasteiger partial charge in [-0.2, -0.15) is 0 Å². The molecule has 0 saturated heterocycles. The Morgan fingerprint density at radius 1 is 1.18 bits per heavy atom. The lowest BCUT2D eigenvalue weighted by Crippen LogP contribution is -2.04. The highest BCUT2D eigenvalue weighted by Gasteiger charge is 1.98. The second-order valence-corrected chi connectivity index (χ2v) is 4.74. The molecule has 0 radical (unpaired) electrons. The van der Waals surface area contributed by atoms with E-state index in [0.717, 1.165) is 24.4 Å². The van der Waals surface area contributed by atoms with Crippen LogP contribution < -0.4 is 5.73 Å². The topological polar surface area (TPSA) is 48.1 Å². The zero-order valence-electron chi connectivity index (χ0n) is 9.63. The lowest BCUT2D eigenvalue weighted by Gasteiger charge is -2.04. The summed E-state index contributed by atoms with van der Waals surface area (Å²) in [5.74, 6) is 0. The molecule has 0 atom stereocenters. The van der Waals surface area contributed by atoms with Crippen molar-refractivity contribution in [1.82, 2.24) is 4.98 Å². The summed E-state index contributed by atoms with van der Waals surface area (Å²) < 4.78 is 5.60. The van der Waals surface area contributed by atoms with Gasteiger partial charge in [0.05, 0.1) is 24.6 Å². The number of nitrogens with zero attached hydrogens (tertiary/aromatic N) is 1. The molecule has 2 rings (SSSR count). The molecule has 0 aromatic carbocycles. The van der Waals surface area contributed by atoms with Gasteiger partial charge < -0.3 is 10.5 Å². The Bertz CT molecular complexity index is 442. The molecule has 4 heteroatoms. The number of pyridine rings is 1. The summed E-state index contributed by atoms with van der Waals surface area (Å²) in [6, 6.07) is 10.0. The summed E-state index contributed by atoms with van der Waals surface area (Å²) in [5, 5.41) is 2.08. The van der Waals surface area contributed by atoms with E-state index in [-0.39, 0.29) is 0 Å². The maximum Gasteiger partial charge on any atom is 0.0888 e. The zero-order chi connectivity index (χ0) is 11.9. The minimum absolute atomic E-state index is 0.475. The second-order valence-electron chi connectivity index (χ2n) is 3.71. The van der Waals surface area contributed by atoms with Crippen LogP contribution in [0.5, 0.6) is 0 Å². The van der Waals surface area contributed by atoms with Crippen molar-refractivity contribution in [2.24, 2.45) is 5.73 Å². The van der Waals surface area contributed by atoms with Crippen LogP contribution in [0, 0.1) is 0 Å². The van der Waals surface area contributed by atoms with Gasteiger partial charge in [0.15, 0.2) is 0 Å². The number of nitrogens with two attached hydrogens (primary N) is 1. The molecule has 0 aliphatic rings.